The molecule has 0 aliphatic heterocycles. The second-order valence-corrected chi connectivity index (χ2v) is 9.84. The highest BCUT2D eigenvalue weighted by molar-refractivity contribution is 6.40. The molecule has 1 heterocycles. The summed E-state index contributed by atoms with van der Waals surface area (Å²) in [5.74, 6) is -1.67. The van der Waals surface area contributed by atoms with Gasteiger partial charge < -0.3 is 15.7 Å². The number of aliphatic carboxylic acids is 1. The predicted molar refractivity (Wildman–Crippen MR) is 156 cm³/mol. The lowest BCUT2D eigenvalue weighted by atomic mass is 10.0. The van der Waals surface area contributed by atoms with Gasteiger partial charge in [-0.15, -0.1) is 0 Å². The zero-order valence-corrected chi connectivity index (χ0v) is 23.0. The van der Waals surface area contributed by atoms with Crippen molar-refractivity contribution in [2.24, 2.45) is 0 Å². The molecular weight excluding hydrogens is 551 g/mol. The number of hydrogen-bond acceptors (Lipinski definition) is 4. The Kier molecular flexibility index (Phi) is 9.37. The molecule has 1 unspecified atom stereocenters. The Morgan fingerprint density at radius 1 is 0.875 bits per heavy atom. The number of amides is 3. The van der Waals surface area contributed by atoms with E-state index in [0.29, 0.717) is 23.4 Å². The molecule has 0 saturated heterocycles. The Morgan fingerprint density at radius 2 is 1.50 bits per heavy atom. The lowest BCUT2D eigenvalue weighted by Gasteiger charge is -2.24. The van der Waals surface area contributed by atoms with Gasteiger partial charge in [0.25, 0.3) is 5.91 Å². The molecule has 4 aromatic rings. The standard InChI is InChI=1S/C30H26Cl2N4O4/c1-36(26-10-6-5-9-21(26)15-19-7-3-2-4-8-19)30(40)35-25(29(38)39)16-20-11-13-22(14-12-20)34-28(37)27-23(31)17-33-18-24(27)32/h2-14,17-18,25H,15-16H2,1H3,(H,34,37)(H,35,40)(H,38,39). The summed E-state index contributed by atoms with van der Waals surface area (Å²) in [6.07, 6.45) is 3.31. The molecule has 1 aromatic heterocycles. The summed E-state index contributed by atoms with van der Waals surface area (Å²) >= 11 is 12.1. The Bertz CT molecular complexity index is 1490. The number of nitrogens with one attached hydrogen (secondary N) is 2. The number of carbonyl (C=O) groups is 3. The molecule has 3 aromatic carbocycles. The molecule has 3 N–H and O–H groups in total. The van der Waals surface area contributed by atoms with Crippen molar-refractivity contribution in [3.05, 3.63) is 124 Å². The lowest BCUT2D eigenvalue weighted by molar-refractivity contribution is -0.139. The molecule has 3 amide bonds. The molecule has 0 spiro atoms. The van der Waals surface area contributed by atoms with Gasteiger partial charge in [0, 0.05) is 37.2 Å². The summed E-state index contributed by atoms with van der Waals surface area (Å²) in [7, 11) is 1.61. The maximum absolute atomic E-state index is 13.1. The molecule has 40 heavy (non-hydrogen) atoms. The molecule has 204 valence electrons. The van der Waals surface area contributed by atoms with E-state index in [1.54, 1.807) is 31.3 Å². The molecule has 10 heteroatoms. The number of carboxylic acid groups (broad SMARTS) is 1. The van der Waals surface area contributed by atoms with Crippen LogP contribution >= 0.6 is 23.2 Å². The second-order valence-electron chi connectivity index (χ2n) is 9.02. The van der Waals surface area contributed by atoms with Crippen LogP contribution < -0.4 is 15.5 Å². The van der Waals surface area contributed by atoms with E-state index in [0.717, 1.165) is 11.1 Å². The summed E-state index contributed by atoms with van der Waals surface area (Å²) in [4.78, 5) is 43.0. The monoisotopic (exact) mass is 576 g/mol. The number of carboxylic acids is 1. The van der Waals surface area contributed by atoms with Crippen molar-refractivity contribution >= 4 is 52.5 Å². The van der Waals surface area contributed by atoms with Gasteiger partial charge in [0.1, 0.15) is 6.04 Å². The fourth-order valence-electron chi connectivity index (χ4n) is 4.14. The van der Waals surface area contributed by atoms with Crippen molar-refractivity contribution in [1.82, 2.24) is 10.3 Å². The first-order valence-electron chi connectivity index (χ1n) is 12.3. The molecule has 0 radical (unpaired) electrons. The highest BCUT2D eigenvalue weighted by Gasteiger charge is 2.24. The smallest absolute Gasteiger partial charge is 0.326 e. The van der Waals surface area contributed by atoms with E-state index in [2.05, 4.69) is 15.6 Å². The summed E-state index contributed by atoms with van der Waals surface area (Å²) in [6.45, 7) is 0. The van der Waals surface area contributed by atoms with Crippen molar-refractivity contribution in [3.8, 4) is 0 Å². The molecule has 0 aliphatic rings. The fourth-order valence-corrected chi connectivity index (χ4v) is 4.68. The molecule has 0 fully saturated rings. The number of urea groups is 1. The SMILES string of the molecule is CN(C(=O)NC(Cc1ccc(NC(=O)c2c(Cl)cncc2Cl)cc1)C(=O)O)c1ccccc1Cc1ccccc1. The zero-order valence-electron chi connectivity index (χ0n) is 21.5. The number of para-hydroxylation sites is 1. The van der Waals surface area contributed by atoms with Crippen molar-refractivity contribution in [2.75, 3.05) is 17.3 Å². The average Bonchev–Trinajstić information content (AvgIpc) is 2.94. The highest BCUT2D eigenvalue weighted by Crippen LogP contribution is 2.25. The van der Waals surface area contributed by atoms with Crippen LogP contribution in [0.2, 0.25) is 10.0 Å². The maximum Gasteiger partial charge on any atom is 0.326 e. The van der Waals surface area contributed by atoms with Crippen LogP contribution in [0, 0.1) is 0 Å². The number of hydrogen-bond donors (Lipinski definition) is 3. The molecule has 0 bridgehead atoms. The minimum atomic E-state index is -1.17. The van der Waals surface area contributed by atoms with Crippen LogP contribution in [0.5, 0.6) is 0 Å². The van der Waals surface area contributed by atoms with Crippen LogP contribution in [0.1, 0.15) is 27.0 Å². The topological polar surface area (TPSA) is 112 Å². The lowest BCUT2D eigenvalue weighted by Crippen LogP contribution is -2.48. The van der Waals surface area contributed by atoms with Crippen LogP contribution in [0.4, 0.5) is 16.2 Å². The molecule has 1 atom stereocenters. The normalized spacial score (nSPS) is 11.4. The van der Waals surface area contributed by atoms with Crippen molar-refractivity contribution < 1.29 is 19.5 Å². The Hall–Kier alpha value is -4.40. The van der Waals surface area contributed by atoms with Crippen LogP contribution in [0.15, 0.2) is 91.3 Å². The second kappa shape index (κ2) is 13.1. The number of carbonyl (C=O) groups excluding carboxylic acids is 2. The Balaban J connectivity index is 1.41. The minimum Gasteiger partial charge on any atom is -0.480 e. The van der Waals surface area contributed by atoms with Gasteiger partial charge in [-0.2, -0.15) is 0 Å². The Morgan fingerprint density at radius 3 is 2.15 bits per heavy atom. The molecule has 0 saturated carbocycles. The average molecular weight is 577 g/mol. The number of rotatable bonds is 9. The van der Waals surface area contributed by atoms with E-state index in [-0.39, 0.29) is 22.0 Å². The van der Waals surface area contributed by atoms with Gasteiger partial charge in [-0.25, -0.2) is 9.59 Å². The van der Waals surface area contributed by atoms with E-state index >= 15 is 0 Å². The van der Waals surface area contributed by atoms with Gasteiger partial charge in [-0.05, 0) is 41.3 Å². The van der Waals surface area contributed by atoms with Crippen LogP contribution in [0.3, 0.4) is 0 Å². The maximum atomic E-state index is 13.1. The van der Waals surface area contributed by atoms with E-state index < -0.39 is 23.9 Å². The van der Waals surface area contributed by atoms with E-state index in [1.807, 2.05) is 54.6 Å². The van der Waals surface area contributed by atoms with Crippen molar-refractivity contribution in [2.45, 2.75) is 18.9 Å². The number of benzene rings is 3. The predicted octanol–water partition coefficient (Wildman–Crippen LogP) is 6.07. The first-order valence-corrected chi connectivity index (χ1v) is 13.1. The first-order chi connectivity index (χ1) is 19.2. The number of aromatic nitrogens is 1. The van der Waals surface area contributed by atoms with E-state index in [4.69, 9.17) is 23.2 Å². The van der Waals surface area contributed by atoms with Gasteiger partial charge in [-0.1, -0.05) is 83.9 Å². The number of halogens is 2. The Labute approximate surface area is 241 Å². The molecule has 0 aliphatic carbocycles. The summed E-state index contributed by atoms with van der Waals surface area (Å²) in [5, 5.41) is 15.4. The fraction of sp³-hybridized carbons (Fsp3) is 0.133. The third-order valence-corrected chi connectivity index (χ3v) is 6.80. The van der Waals surface area contributed by atoms with E-state index in [1.165, 1.54) is 17.3 Å². The van der Waals surface area contributed by atoms with Gasteiger partial charge in [0.15, 0.2) is 0 Å². The quantitative estimate of drug-likeness (QED) is 0.224. The van der Waals surface area contributed by atoms with Gasteiger partial charge in [0.2, 0.25) is 0 Å². The third kappa shape index (κ3) is 7.16. The van der Waals surface area contributed by atoms with Crippen molar-refractivity contribution in [3.63, 3.8) is 0 Å². The van der Waals surface area contributed by atoms with Gasteiger partial charge in [0.05, 0.1) is 15.6 Å². The van der Waals surface area contributed by atoms with Crippen LogP contribution in [-0.4, -0.2) is 41.1 Å². The van der Waals surface area contributed by atoms with E-state index in [9.17, 15) is 19.5 Å². The van der Waals surface area contributed by atoms with Crippen LogP contribution in [-0.2, 0) is 17.6 Å². The largest absolute Gasteiger partial charge is 0.480 e. The number of pyridine rings is 1. The molecule has 4 rings (SSSR count). The van der Waals surface area contributed by atoms with Crippen molar-refractivity contribution in [1.29, 1.82) is 0 Å². The summed E-state index contributed by atoms with van der Waals surface area (Å²) < 4.78 is 0. The minimum absolute atomic E-state index is 0.0385. The first kappa shape index (κ1) is 28.6. The summed E-state index contributed by atoms with van der Waals surface area (Å²) in [5.41, 5.74) is 3.93. The van der Waals surface area contributed by atoms with Gasteiger partial charge in [-0.3, -0.25) is 14.7 Å². The third-order valence-electron chi connectivity index (χ3n) is 6.22. The summed E-state index contributed by atoms with van der Waals surface area (Å²) in [6, 6.07) is 22.3. The number of anilines is 2. The zero-order chi connectivity index (χ0) is 28.6. The van der Waals surface area contributed by atoms with Gasteiger partial charge >= 0.3 is 12.0 Å². The molecule has 8 nitrogen and oxygen atoms in total. The molecular formula is C30H26Cl2N4O4. The van der Waals surface area contributed by atoms with Crippen LogP contribution in [0.25, 0.3) is 0 Å². The highest BCUT2D eigenvalue weighted by atomic mass is 35.5. The number of nitrogens with zero attached hydrogens (tertiary/aromatic N) is 2.